The SMILES string of the molecule is CC1(C)CC(C)(C)[PH+]1CC[OH+]c1ccccc1.[CH3-].[Ni]. The summed E-state index contributed by atoms with van der Waals surface area (Å²) in [6, 6.07) is 10.3. The fourth-order valence-electron chi connectivity index (χ4n) is 3.63. The average Bonchev–Trinajstić information content (AvgIpc) is 2.24. The number of aliphatic hydroxyl groups is 1. The van der Waals surface area contributed by atoms with Crippen molar-refractivity contribution in [1.29, 1.82) is 0 Å². The van der Waals surface area contributed by atoms with Gasteiger partial charge in [0.25, 0.3) is 5.75 Å². The quantitative estimate of drug-likeness (QED) is 0.333. The molecule has 0 amide bonds. The van der Waals surface area contributed by atoms with Crippen LogP contribution in [0.25, 0.3) is 0 Å². The van der Waals surface area contributed by atoms with E-state index in [1.165, 1.54) is 12.6 Å². The molecule has 1 saturated heterocycles. The Kier molecular flexibility index (Phi) is 7.07. The monoisotopic (exact) mass is 325 g/mol. The fraction of sp³-hybridized carbons (Fsp3) is 0.562. The van der Waals surface area contributed by atoms with Crippen LogP contribution in [0.3, 0.4) is 0 Å². The van der Waals surface area contributed by atoms with Crippen LogP contribution in [0.1, 0.15) is 34.1 Å². The molecule has 1 aromatic rings. The predicted octanol–water partition coefficient (Wildman–Crippen LogP) is 4.55. The Labute approximate surface area is 130 Å². The van der Waals surface area contributed by atoms with Crippen LogP contribution < -0.4 is 0 Å². The van der Waals surface area contributed by atoms with Gasteiger partial charge in [0.05, 0.1) is 10.3 Å². The first kappa shape index (κ1) is 18.9. The molecule has 0 saturated carbocycles. The van der Waals surface area contributed by atoms with E-state index in [2.05, 4.69) is 56.7 Å². The molecule has 0 aromatic heterocycles. The topological polar surface area (TPSA) is 12.8 Å². The zero-order chi connectivity index (χ0) is 12.5. The van der Waals surface area contributed by atoms with E-state index in [1.807, 2.05) is 6.07 Å². The molecule has 1 N–H and O–H groups in total. The van der Waals surface area contributed by atoms with Crippen LogP contribution in [0.5, 0.6) is 5.75 Å². The Morgan fingerprint density at radius 1 is 1.05 bits per heavy atom. The minimum Gasteiger partial charge on any atom is -0.580 e. The van der Waals surface area contributed by atoms with Crippen LogP contribution in [0.2, 0.25) is 0 Å². The van der Waals surface area contributed by atoms with E-state index in [4.69, 9.17) is 0 Å². The van der Waals surface area contributed by atoms with E-state index in [-0.39, 0.29) is 31.8 Å². The van der Waals surface area contributed by atoms with Crippen molar-refractivity contribution in [2.24, 2.45) is 0 Å². The first-order valence-electron chi connectivity index (χ1n) is 6.51. The Morgan fingerprint density at radius 2 is 1.58 bits per heavy atom. The number of benzene rings is 1. The predicted molar refractivity (Wildman–Crippen MR) is 85.3 cm³/mol. The van der Waals surface area contributed by atoms with Crippen molar-refractivity contribution in [1.82, 2.24) is 0 Å². The van der Waals surface area contributed by atoms with Gasteiger partial charge in [-0.3, -0.25) is 0 Å². The third-order valence-corrected chi connectivity index (χ3v) is 8.28. The van der Waals surface area contributed by atoms with Crippen LogP contribution in [-0.2, 0) is 16.5 Å². The summed E-state index contributed by atoms with van der Waals surface area (Å²) >= 11 is 0. The molecule has 2 rings (SSSR count). The van der Waals surface area contributed by atoms with E-state index in [9.17, 15) is 0 Å². The van der Waals surface area contributed by atoms with Gasteiger partial charge in [0.2, 0.25) is 6.61 Å². The molecule has 19 heavy (non-hydrogen) atoms. The fourth-order valence-corrected chi connectivity index (χ4v) is 8.16. The molecular weight excluding hydrogens is 298 g/mol. The molecule has 0 spiro atoms. The summed E-state index contributed by atoms with van der Waals surface area (Å²) in [6.07, 6.45) is 2.71. The van der Waals surface area contributed by atoms with E-state index < -0.39 is 0 Å². The zero-order valence-electron chi connectivity index (χ0n) is 12.8. The van der Waals surface area contributed by atoms with Gasteiger partial charge in [0, 0.05) is 43.0 Å². The first-order valence-corrected chi connectivity index (χ1v) is 8.22. The first-order chi connectivity index (χ1) is 7.92. The maximum atomic E-state index is 4.68. The molecule has 112 valence electrons. The van der Waals surface area contributed by atoms with Gasteiger partial charge in [0.1, 0.15) is 6.16 Å². The third-order valence-electron chi connectivity index (χ3n) is 3.93. The summed E-state index contributed by atoms with van der Waals surface area (Å²) in [5.74, 6) is 1.13. The smallest absolute Gasteiger partial charge is 0.254 e. The number of hydrogen-bond donors (Lipinski definition) is 0. The van der Waals surface area contributed by atoms with Crippen LogP contribution in [0.4, 0.5) is 0 Å². The Bertz CT molecular complexity index is 362. The minimum absolute atomic E-state index is 0. The zero-order valence-corrected chi connectivity index (χ0v) is 14.8. The Morgan fingerprint density at radius 3 is 2.05 bits per heavy atom. The Hall–Kier alpha value is -0.0565. The van der Waals surface area contributed by atoms with Crippen LogP contribution in [0, 0.1) is 7.43 Å². The summed E-state index contributed by atoms with van der Waals surface area (Å²) in [4.78, 5) is 0. The van der Waals surface area contributed by atoms with Crippen molar-refractivity contribution < 1.29 is 21.2 Å². The van der Waals surface area contributed by atoms with Crippen molar-refractivity contribution in [3.05, 3.63) is 37.8 Å². The second kappa shape index (κ2) is 7.10. The molecule has 0 bridgehead atoms. The molecule has 0 aliphatic carbocycles. The van der Waals surface area contributed by atoms with Gasteiger partial charge < -0.3 is 12.2 Å². The van der Waals surface area contributed by atoms with E-state index in [0.717, 1.165) is 12.4 Å². The summed E-state index contributed by atoms with van der Waals surface area (Å²) < 4.78 is 4.68. The number of rotatable bonds is 4. The summed E-state index contributed by atoms with van der Waals surface area (Å²) in [5, 5.41) is 1.22. The molecule has 1 fully saturated rings. The van der Waals surface area contributed by atoms with Crippen molar-refractivity contribution >= 4 is 7.92 Å². The molecular formula is C16H28NiOP+. The molecule has 1 aliphatic heterocycles. The van der Waals surface area contributed by atoms with Gasteiger partial charge in [-0.1, -0.05) is 18.2 Å². The van der Waals surface area contributed by atoms with Crippen LogP contribution in [0.15, 0.2) is 30.3 Å². The number of aromatic hydroxyl groups is 1. The normalized spacial score (nSPS) is 19.6. The second-order valence-electron chi connectivity index (χ2n) is 6.39. The maximum Gasteiger partial charge on any atom is 0.254 e. The molecule has 0 atom stereocenters. The Balaban J connectivity index is 0.00000162. The van der Waals surface area contributed by atoms with Crippen molar-refractivity contribution in [2.75, 3.05) is 12.8 Å². The molecule has 0 unspecified atom stereocenters. The second-order valence-corrected chi connectivity index (χ2v) is 10.6. The summed E-state index contributed by atoms with van der Waals surface area (Å²) in [6.45, 7) is 10.8. The van der Waals surface area contributed by atoms with E-state index in [1.54, 1.807) is 0 Å². The average molecular weight is 326 g/mol. The summed E-state index contributed by atoms with van der Waals surface area (Å²) in [5.41, 5.74) is 0. The molecule has 0 radical (unpaired) electrons. The van der Waals surface area contributed by atoms with Gasteiger partial charge in [0.15, 0.2) is 0 Å². The standard InChI is InChI=1S/C15H23OP.CH3.Ni/c1-14(2)12-15(3,4)17(14)11-10-16-13-8-6-5-7-9-13;;/h5-9H,10-12H2,1-4H3;1H3;/q;-1;/p+2. The third kappa shape index (κ3) is 4.47. The largest absolute Gasteiger partial charge is 0.580 e. The van der Waals surface area contributed by atoms with E-state index >= 15 is 0 Å². The summed E-state index contributed by atoms with van der Waals surface area (Å²) in [7, 11) is -0.264. The number of ether oxygens (including phenoxy) is 1. The van der Waals surface area contributed by atoms with E-state index in [0.29, 0.717) is 10.3 Å². The minimum atomic E-state index is -0.264. The molecule has 1 nitrogen and oxygen atoms in total. The molecule has 1 aliphatic rings. The van der Waals surface area contributed by atoms with Crippen LogP contribution in [-0.4, -0.2) is 27.8 Å². The van der Waals surface area contributed by atoms with Gasteiger partial charge >= 0.3 is 0 Å². The van der Waals surface area contributed by atoms with Crippen molar-refractivity contribution in [2.45, 2.75) is 44.4 Å². The number of para-hydroxylation sites is 1. The van der Waals surface area contributed by atoms with Gasteiger partial charge in [-0.15, -0.1) is 0 Å². The van der Waals surface area contributed by atoms with Gasteiger partial charge in [-0.2, -0.15) is 0 Å². The van der Waals surface area contributed by atoms with Crippen molar-refractivity contribution in [3.8, 4) is 5.75 Å². The van der Waals surface area contributed by atoms with Crippen molar-refractivity contribution in [3.63, 3.8) is 0 Å². The molecule has 3 heteroatoms. The molecule has 1 aromatic carbocycles. The van der Waals surface area contributed by atoms with Crippen LogP contribution >= 0.6 is 7.92 Å². The maximum absolute atomic E-state index is 4.68. The van der Waals surface area contributed by atoms with Gasteiger partial charge in [-0.25, -0.2) is 0 Å². The van der Waals surface area contributed by atoms with Gasteiger partial charge in [-0.05, 0) is 27.7 Å². The number of hydrogen-bond acceptors (Lipinski definition) is 0. The molecule has 1 heterocycles.